The SMILES string of the molecule is CCOC(=O)c1[nH]nc2c1CCc1c-2cnn1C(c1ccccc1)(c1ccccc1)c1ccccc1. The molecule has 0 saturated carbocycles. The average Bonchev–Trinajstić information content (AvgIpc) is 3.56. The van der Waals surface area contributed by atoms with E-state index in [0.717, 1.165) is 45.6 Å². The second-order valence-corrected chi connectivity index (χ2v) is 8.87. The Morgan fingerprint density at radius 2 is 1.44 bits per heavy atom. The number of hydrogen-bond acceptors (Lipinski definition) is 4. The highest BCUT2D eigenvalue weighted by atomic mass is 16.5. The molecule has 2 aromatic heterocycles. The normalized spacial score (nSPS) is 12.6. The Morgan fingerprint density at radius 1 is 0.889 bits per heavy atom. The number of benzene rings is 3. The maximum atomic E-state index is 12.5. The van der Waals surface area contributed by atoms with E-state index in [1.54, 1.807) is 6.92 Å². The highest BCUT2D eigenvalue weighted by Crippen LogP contribution is 2.44. The van der Waals surface area contributed by atoms with E-state index in [-0.39, 0.29) is 5.97 Å². The zero-order chi connectivity index (χ0) is 24.5. The van der Waals surface area contributed by atoms with Crippen LogP contribution in [-0.4, -0.2) is 32.6 Å². The molecule has 0 aliphatic heterocycles. The summed E-state index contributed by atoms with van der Waals surface area (Å²) < 4.78 is 7.40. The van der Waals surface area contributed by atoms with Gasteiger partial charge in [-0.05, 0) is 36.5 Å². The van der Waals surface area contributed by atoms with Crippen LogP contribution in [0.4, 0.5) is 0 Å². The van der Waals surface area contributed by atoms with Crippen LogP contribution in [-0.2, 0) is 23.1 Å². The number of hydrogen-bond donors (Lipinski definition) is 1. The fourth-order valence-corrected chi connectivity index (χ4v) is 5.45. The van der Waals surface area contributed by atoms with Crippen LogP contribution in [0.15, 0.2) is 97.2 Å². The van der Waals surface area contributed by atoms with Gasteiger partial charge in [0.05, 0.1) is 24.2 Å². The number of ether oxygens (including phenoxy) is 1. The van der Waals surface area contributed by atoms with E-state index in [0.29, 0.717) is 18.7 Å². The van der Waals surface area contributed by atoms with Crippen molar-refractivity contribution in [2.45, 2.75) is 25.3 Å². The minimum atomic E-state index is -0.685. The van der Waals surface area contributed by atoms with Crippen LogP contribution in [0.2, 0.25) is 0 Å². The van der Waals surface area contributed by atoms with Crippen LogP contribution in [0.5, 0.6) is 0 Å². The van der Waals surface area contributed by atoms with E-state index >= 15 is 0 Å². The second-order valence-electron chi connectivity index (χ2n) is 8.87. The van der Waals surface area contributed by atoms with Crippen molar-refractivity contribution in [2.24, 2.45) is 0 Å². The van der Waals surface area contributed by atoms with Crippen LogP contribution in [0.1, 0.15) is 45.4 Å². The number of rotatable bonds is 6. The van der Waals surface area contributed by atoms with Crippen molar-refractivity contribution < 1.29 is 9.53 Å². The van der Waals surface area contributed by atoms with Gasteiger partial charge in [0.2, 0.25) is 0 Å². The average molecular weight is 475 g/mol. The zero-order valence-electron chi connectivity index (χ0n) is 20.0. The molecule has 2 heterocycles. The van der Waals surface area contributed by atoms with Gasteiger partial charge in [-0.25, -0.2) is 9.48 Å². The molecule has 178 valence electrons. The van der Waals surface area contributed by atoms with Gasteiger partial charge in [0.1, 0.15) is 11.2 Å². The first kappa shape index (κ1) is 22.0. The molecule has 6 nitrogen and oxygen atoms in total. The van der Waals surface area contributed by atoms with Crippen LogP contribution in [0, 0.1) is 0 Å². The highest BCUT2D eigenvalue weighted by molar-refractivity contribution is 5.91. The molecule has 0 spiro atoms. The number of esters is 1. The number of nitrogens with one attached hydrogen (secondary N) is 1. The molecule has 5 aromatic rings. The summed E-state index contributed by atoms with van der Waals surface area (Å²) in [6.07, 6.45) is 3.28. The van der Waals surface area contributed by atoms with Crippen molar-refractivity contribution in [2.75, 3.05) is 6.61 Å². The first-order valence-electron chi connectivity index (χ1n) is 12.2. The standard InChI is InChI=1S/C30H26N4O2/c1-2-36-29(35)28-24-18-19-26-25(27(24)32-33-28)20-31-34(26)30(21-12-6-3-7-13-21,22-14-8-4-9-15-22)23-16-10-5-11-17-23/h3-17,20H,2,18-19H2,1H3,(H,32,33). The van der Waals surface area contributed by atoms with Gasteiger partial charge in [-0.15, -0.1) is 0 Å². The molecule has 6 heteroatoms. The van der Waals surface area contributed by atoms with Crippen molar-refractivity contribution in [1.82, 2.24) is 20.0 Å². The summed E-state index contributed by atoms with van der Waals surface area (Å²) in [4.78, 5) is 12.5. The minimum absolute atomic E-state index is 0.323. The fraction of sp³-hybridized carbons (Fsp3) is 0.167. The summed E-state index contributed by atoms with van der Waals surface area (Å²) in [6, 6.07) is 31.5. The molecule has 1 aliphatic carbocycles. The molecule has 6 rings (SSSR count). The summed E-state index contributed by atoms with van der Waals surface area (Å²) in [5.41, 5.74) is 6.80. The maximum absolute atomic E-state index is 12.5. The lowest BCUT2D eigenvalue weighted by molar-refractivity contribution is 0.0518. The van der Waals surface area contributed by atoms with Crippen molar-refractivity contribution in [3.05, 3.63) is 131 Å². The van der Waals surface area contributed by atoms with Gasteiger partial charge in [0.15, 0.2) is 0 Å². The van der Waals surface area contributed by atoms with E-state index in [1.165, 1.54) is 0 Å². The van der Waals surface area contributed by atoms with Gasteiger partial charge in [0.25, 0.3) is 0 Å². The van der Waals surface area contributed by atoms with Gasteiger partial charge in [-0.1, -0.05) is 91.0 Å². The summed E-state index contributed by atoms with van der Waals surface area (Å²) >= 11 is 0. The van der Waals surface area contributed by atoms with Gasteiger partial charge in [-0.2, -0.15) is 10.2 Å². The lowest BCUT2D eigenvalue weighted by Crippen LogP contribution is -2.40. The fourth-order valence-electron chi connectivity index (χ4n) is 5.45. The van der Waals surface area contributed by atoms with Gasteiger partial charge in [0, 0.05) is 11.1 Å². The Hall–Kier alpha value is -4.45. The Balaban J connectivity index is 1.62. The Kier molecular flexibility index (Phi) is 5.49. The molecule has 0 atom stereocenters. The molecule has 0 bridgehead atoms. The molecule has 0 amide bonds. The van der Waals surface area contributed by atoms with E-state index in [9.17, 15) is 4.79 Å². The molecule has 3 aromatic carbocycles. The number of aromatic amines is 1. The molecule has 0 fully saturated rings. The Bertz CT molecular complexity index is 1410. The molecule has 0 saturated heterocycles. The predicted molar refractivity (Wildman–Crippen MR) is 138 cm³/mol. The smallest absolute Gasteiger partial charge is 0.356 e. The third-order valence-corrected chi connectivity index (χ3v) is 6.97. The minimum Gasteiger partial charge on any atom is -0.461 e. The number of fused-ring (bicyclic) bond motifs is 3. The second kappa shape index (κ2) is 8.96. The summed E-state index contributed by atoms with van der Waals surface area (Å²) in [6.45, 7) is 2.13. The quantitative estimate of drug-likeness (QED) is 0.265. The third-order valence-electron chi connectivity index (χ3n) is 6.97. The Morgan fingerprint density at radius 3 is 1.97 bits per heavy atom. The molecule has 1 aliphatic rings. The molecule has 0 unspecified atom stereocenters. The van der Waals surface area contributed by atoms with Crippen molar-refractivity contribution in [3.8, 4) is 11.3 Å². The van der Waals surface area contributed by atoms with E-state index < -0.39 is 5.54 Å². The van der Waals surface area contributed by atoms with Crippen LogP contribution in [0.25, 0.3) is 11.3 Å². The first-order chi connectivity index (χ1) is 17.7. The summed E-state index contributed by atoms with van der Waals surface area (Å²) in [5.74, 6) is -0.366. The van der Waals surface area contributed by atoms with E-state index in [4.69, 9.17) is 9.84 Å². The predicted octanol–water partition coefficient (Wildman–Crippen LogP) is 5.39. The van der Waals surface area contributed by atoms with E-state index in [1.807, 2.05) is 24.4 Å². The largest absolute Gasteiger partial charge is 0.461 e. The maximum Gasteiger partial charge on any atom is 0.356 e. The molecule has 1 N–H and O–H groups in total. The van der Waals surface area contributed by atoms with Crippen molar-refractivity contribution >= 4 is 5.97 Å². The molecule has 36 heavy (non-hydrogen) atoms. The lowest BCUT2D eigenvalue weighted by Gasteiger charge is -2.38. The lowest BCUT2D eigenvalue weighted by atomic mass is 9.76. The first-order valence-corrected chi connectivity index (χ1v) is 12.2. The van der Waals surface area contributed by atoms with Crippen LogP contribution in [0.3, 0.4) is 0 Å². The molecule has 0 radical (unpaired) electrons. The van der Waals surface area contributed by atoms with Gasteiger partial charge >= 0.3 is 5.97 Å². The van der Waals surface area contributed by atoms with E-state index in [2.05, 4.69) is 87.7 Å². The van der Waals surface area contributed by atoms with Crippen LogP contribution < -0.4 is 0 Å². The monoisotopic (exact) mass is 474 g/mol. The van der Waals surface area contributed by atoms with Crippen molar-refractivity contribution in [1.29, 1.82) is 0 Å². The number of carbonyl (C=O) groups is 1. The topological polar surface area (TPSA) is 72.8 Å². The summed E-state index contributed by atoms with van der Waals surface area (Å²) in [7, 11) is 0. The van der Waals surface area contributed by atoms with Crippen LogP contribution >= 0.6 is 0 Å². The van der Waals surface area contributed by atoms with Gasteiger partial charge in [-0.3, -0.25) is 5.10 Å². The zero-order valence-corrected chi connectivity index (χ0v) is 20.0. The molecular formula is C30H26N4O2. The Labute approximate surface area is 209 Å². The number of H-pyrrole nitrogens is 1. The third kappa shape index (κ3) is 3.29. The van der Waals surface area contributed by atoms with Crippen molar-refractivity contribution in [3.63, 3.8) is 0 Å². The van der Waals surface area contributed by atoms with Gasteiger partial charge < -0.3 is 4.74 Å². The number of nitrogens with zero attached hydrogens (tertiary/aromatic N) is 3. The number of carbonyl (C=O) groups excluding carboxylic acids is 1. The highest BCUT2D eigenvalue weighted by Gasteiger charge is 2.42. The molecular weight excluding hydrogens is 448 g/mol. The summed E-state index contributed by atoms with van der Waals surface area (Å²) in [5, 5.41) is 12.5. The number of aromatic nitrogens is 4.